The van der Waals surface area contributed by atoms with E-state index in [-0.39, 0.29) is 11.8 Å². The number of nitrogens with one attached hydrogen (secondary N) is 2. The standard InChI is InChI=1S/C24H27N5O2/c1-18-8-10-20(11-9-18)22-16-23(29(26-22)21-6-4-3-5-7-21)25-24(31)17-27-12-14-28(15-13-27)19(2)30/h3-11,16H,12-15,17H2,1-2H3,(H,25,31)/p+1. The number of carbonyl (C=O) groups excluding carboxylic acids is 2. The molecule has 3 aromatic rings. The predicted molar refractivity (Wildman–Crippen MR) is 120 cm³/mol. The summed E-state index contributed by atoms with van der Waals surface area (Å²) >= 11 is 0. The van der Waals surface area contributed by atoms with Crippen LogP contribution >= 0.6 is 0 Å². The van der Waals surface area contributed by atoms with Gasteiger partial charge in [-0.05, 0) is 19.1 Å². The summed E-state index contributed by atoms with van der Waals surface area (Å²) in [5.41, 5.74) is 3.88. The Morgan fingerprint density at radius 1 is 1.03 bits per heavy atom. The molecule has 2 aromatic carbocycles. The Morgan fingerprint density at radius 2 is 1.71 bits per heavy atom. The van der Waals surface area contributed by atoms with Gasteiger partial charge in [0.25, 0.3) is 5.91 Å². The largest absolute Gasteiger partial charge is 0.332 e. The Balaban J connectivity index is 1.52. The Morgan fingerprint density at radius 3 is 2.35 bits per heavy atom. The van der Waals surface area contributed by atoms with E-state index in [4.69, 9.17) is 5.10 Å². The van der Waals surface area contributed by atoms with Crippen LogP contribution in [0.25, 0.3) is 16.9 Å². The molecule has 1 aliphatic heterocycles. The molecule has 0 atom stereocenters. The number of aryl methyl sites for hydroxylation is 1. The van der Waals surface area contributed by atoms with Gasteiger partial charge in [0.2, 0.25) is 5.91 Å². The zero-order valence-corrected chi connectivity index (χ0v) is 18.0. The number of anilines is 1. The Hall–Kier alpha value is -3.45. The maximum absolute atomic E-state index is 12.8. The fourth-order valence-electron chi connectivity index (χ4n) is 3.83. The first-order valence-electron chi connectivity index (χ1n) is 10.6. The van der Waals surface area contributed by atoms with E-state index in [0.29, 0.717) is 25.5 Å². The van der Waals surface area contributed by atoms with E-state index >= 15 is 0 Å². The van der Waals surface area contributed by atoms with Crippen molar-refractivity contribution in [3.63, 3.8) is 0 Å². The number of benzene rings is 2. The van der Waals surface area contributed by atoms with Crippen molar-refractivity contribution in [3.05, 3.63) is 66.2 Å². The number of nitrogens with zero attached hydrogens (tertiary/aromatic N) is 3. The second kappa shape index (κ2) is 9.14. The summed E-state index contributed by atoms with van der Waals surface area (Å²) < 4.78 is 1.77. The van der Waals surface area contributed by atoms with Gasteiger partial charge in [0.15, 0.2) is 6.54 Å². The molecule has 1 saturated heterocycles. The van der Waals surface area contributed by atoms with Gasteiger partial charge in [-0.25, -0.2) is 4.68 Å². The first-order valence-corrected chi connectivity index (χ1v) is 10.6. The molecule has 7 heteroatoms. The smallest absolute Gasteiger partial charge is 0.280 e. The molecule has 0 radical (unpaired) electrons. The summed E-state index contributed by atoms with van der Waals surface area (Å²) in [6.07, 6.45) is 0. The van der Waals surface area contributed by atoms with Crippen LogP contribution in [0, 0.1) is 6.92 Å². The number of amides is 2. The lowest BCUT2D eigenvalue weighted by molar-refractivity contribution is -0.895. The van der Waals surface area contributed by atoms with Crippen LogP contribution in [0.4, 0.5) is 5.82 Å². The molecule has 7 nitrogen and oxygen atoms in total. The molecule has 2 amide bonds. The first-order chi connectivity index (χ1) is 15.0. The molecular weight excluding hydrogens is 390 g/mol. The fraction of sp³-hybridized carbons (Fsp3) is 0.292. The molecule has 160 valence electrons. The van der Waals surface area contributed by atoms with Gasteiger partial charge in [0.1, 0.15) is 5.82 Å². The van der Waals surface area contributed by atoms with Gasteiger partial charge in [0, 0.05) is 18.6 Å². The number of rotatable bonds is 5. The van der Waals surface area contributed by atoms with Crippen LogP contribution in [0.2, 0.25) is 0 Å². The van der Waals surface area contributed by atoms with Crippen molar-refractivity contribution in [2.45, 2.75) is 13.8 Å². The van der Waals surface area contributed by atoms with Crippen LogP contribution in [-0.4, -0.2) is 59.2 Å². The van der Waals surface area contributed by atoms with E-state index in [9.17, 15) is 9.59 Å². The molecule has 1 aromatic heterocycles. The van der Waals surface area contributed by atoms with Crippen LogP contribution in [0.1, 0.15) is 12.5 Å². The average molecular weight is 419 g/mol. The topological polar surface area (TPSA) is 71.7 Å². The van der Waals surface area contributed by atoms with Crippen molar-refractivity contribution in [3.8, 4) is 16.9 Å². The molecule has 31 heavy (non-hydrogen) atoms. The third-order valence-corrected chi connectivity index (χ3v) is 5.65. The minimum atomic E-state index is -0.0567. The molecule has 1 fully saturated rings. The van der Waals surface area contributed by atoms with E-state index in [1.807, 2.05) is 53.4 Å². The monoisotopic (exact) mass is 418 g/mol. The number of para-hydroxylation sites is 1. The number of quaternary nitrogens is 1. The lowest BCUT2D eigenvalue weighted by Crippen LogP contribution is -3.15. The second-order valence-corrected chi connectivity index (χ2v) is 8.01. The SMILES string of the molecule is CC(=O)N1CC[NH+](CC(=O)Nc2cc(-c3ccc(C)cc3)nn2-c2ccccc2)CC1. The maximum Gasteiger partial charge on any atom is 0.280 e. The highest BCUT2D eigenvalue weighted by Gasteiger charge is 2.24. The molecular formula is C24H28N5O2+. The number of aromatic nitrogens is 2. The summed E-state index contributed by atoms with van der Waals surface area (Å²) in [4.78, 5) is 27.3. The number of carbonyl (C=O) groups is 2. The highest BCUT2D eigenvalue weighted by molar-refractivity contribution is 5.91. The number of hydrogen-bond donors (Lipinski definition) is 2. The summed E-state index contributed by atoms with van der Waals surface area (Å²) in [7, 11) is 0. The minimum Gasteiger partial charge on any atom is -0.332 e. The summed E-state index contributed by atoms with van der Waals surface area (Å²) in [6, 6.07) is 19.9. The predicted octanol–water partition coefficient (Wildman–Crippen LogP) is 1.53. The average Bonchev–Trinajstić information content (AvgIpc) is 3.18. The quantitative estimate of drug-likeness (QED) is 0.660. The van der Waals surface area contributed by atoms with E-state index in [1.165, 1.54) is 10.5 Å². The van der Waals surface area contributed by atoms with Crippen LogP contribution < -0.4 is 10.2 Å². The lowest BCUT2D eigenvalue weighted by atomic mass is 10.1. The minimum absolute atomic E-state index is 0.0567. The molecule has 1 aliphatic rings. The zero-order valence-electron chi connectivity index (χ0n) is 18.0. The summed E-state index contributed by atoms with van der Waals surface area (Å²) in [5.74, 6) is 0.686. The highest BCUT2D eigenvalue weighted by atomic mass is 16.2. The van der Waals surface area contributed by atoms with Gasteiger partial charge in [-0.15, -0.1) is 0 Å². The van der Waals surface area contributed by atoms with Gasteiger partial charge in [-0.1, -0.05) is 48.0 Å². The van der Waals surface area contributed by atoms with Crippen LogP contribution in [0.5, 0.6) is 0 Å². The van der Waals surface area contributed by atoms with Crippen molar-refractivity contribution in [2.75, 3.05) is 38.0 Å². The van der Waals surface area contributed by atoms with Crippen molar-refractivity contribution >= 4 is 17.6 Å². The molecule has 0 unspecified atom stereocenters. The van der Waals surface area contributed by atoms with Crippen molar-refractivity contribution in [1.29, 1.82) is 0 Å². The van der Waals surface area contributed by atoms with Gasteiger partial charge >= 0.3 is 0 Å². The Kier molecular flexibility index (Phi) is 6.13. The molecule has 0 bridgehead atoms. The fourth-order valence-corrected chi connectivity index (χ4v) is 3.83. The highest BCUT2D eigenvalue weighted by Crippen LogP contribution is 2.25. The zero-order chi connectivity index (χ0) is 21.8. The molecule has 0 saturated carbocycles. The Labute approximate surface area is 182 Å². The number of hydrogen-bond acceptors (Lipinski definition) is 3. The first kappa shape index (κ1) is 20.8. The van der Waals surface area contributed by atoms with Crippen LogP contribution in [0.15, 0.2) is 60.7 Å². The Bertz CT molecular complexity index is 1050. The van der Waals surface area contributed by atoms with Crippen molar-refractivity contribution < 1.29 is 14.5 Å². The van der Waals surface area contributed by atoms with Gasteiger partial charge in [-0.2, -0.15) is 5.10 Å². The van der Waals surface area contributed by atoms with Gasteiger partial charge < -0.3 is 15.1 Å². The maximum atomic E-state index is 12.8. The van der Waals surface area contributed by atoms with Crippen molar-refractivity contribution in [1.82, 2.24) is 14.7 Å². The van der Waals surface area contributed by atoms with E-state index in [2.05, 4.69) is 24.4 Å². The third-order valence-electron chi connectivity index (χ3n) is 5.65. The summed E-state index contributed by atoms with van der Waals surface area (Å²) in [6.45, 7) is 6.95. The number of piperazine rings is 1. The summed E-state index contributed by atoms with van der Waals surface area (Å²) in [5, 5.41) is 7.81. The molecule has 4 rings (SSSR count). The van der Waals surface area contributed by atoms with E-state index in [0.717, 1.165) is 30.0 Å². The van der Waals surface area contributed by atoms with Crippen LogP contribution in [0.3, 0.4) is 0 Å². The van der Waals surface area contributed by atoms with Crippen molar-refractivity contribution in [2.24, 2.45) is 0 Å². The molecule has 2 heterocycles. The molecule has 0 spiro atoms. The third kappa shape index (κ3) is 5.00. The second-order valence-electron chi connectivity index (χ2n) is 8.01. The molecule has 0 aliphatic carbocycles. The van der Waals surface area contributed by atoms with Gasteiger partial charge in [0.05, 0.1) is 37.6 Å². The van der Waals surface area contributed by atoms with E-state index in [1.54, 1.807) is 11.6 Å². The van der Waals surface area contributed by atoms with Crippen LogP contribution in [-0.2, 0) is 9.59 Å². The molecule has 2 N–H and O–H groups in total. The normalized spacial score (nSPS) is 14.5. The van der Waals surface area contributed by atoms with E-state index < -0.39 is 0 Å². The lowest BCUT2D eigenvalue weighted by Gasteiger charge is -2.31. The van der Waals surface area contributed by atoms with Gasteiger partial charge in [-0.3, -0.25) is 9.59 Å².